The number of amides is 1. The lowest BCUT2D eigenvalue weighted by molar-refractivity contribution is -0.122. The number of phenolic OH excluding ortho intramolecular Hbond substituents is 1. The van der Waals surface area contributed by atoms with Gasteiger partial charge in [-0.3, -0.25) is 9.69 Å². The van der Waals surface area contributed by atoms with Crippen molar-refractivity contribution in [3.63, 3.8) is 0 Å². The number of benzene rings is 2. The van der Waals surface area contributed by atoms with Gasteiger partial charge in [-0.2, -0.15) is 0 Å². The lowest BCUT2D eigenvalue weighted by atomic mass is 10.2. The van der Waals surface area contributed by atoms with E-state index >= 15 is 0 Å². The van der Waals surface area contributed by atoms with Crippen molar-refractivity contribution < 1.29 is 14.6 Å². The van der Waals surface area contributed by atoms with E-state index in [9.17, 15) is 9.90 Å². The van der Waals surface area contributed by atoms with Crippen molar-refractivity contribution >= 4 is 57.2 Å². The predicted molar refractivity (Wildman–Crippen MR) is 114 cm³/mol. The Balaban J connectivity index is 1.97. The Hall–Kier alpha value is -2.00. The lowest BCUT2D eigenvalue weighted by Crippen LogP contribution is -2.28. The van der Waals surface area contributed by atoms with Gasteiger partial charge in [0.1, 0.15) is 0 Å². The van der Waals surface area contributed by atoms with E-state index in [0.717, 1.165) is 11.3 Å². The molecule has 7 heteroatoms. The highest BCUT2D eigenvalue weighted by Crippen LogP contribution is 2.37. The number of methoxy groups -OCH3 is 1. The molecule has 1 heterocycles. The standard InChI is InChI=1S/C19H17IN2O3S/c1-3-22-18(24)16(26-19(22)21-13-7-5-4-6-8-13)11-12-9-14(20)17(23)15(10-12)25-2/h4-11,23H,3H2,1-2H3/b16-11-,21-19-. The van der Waals surface area contributed by atoms with Crippen LogP contribution in [0.2, 0.25) is 0 Å². The number of likely N-dealkylation sites (N-methyl/N-ethyl adjacent to an activating group) is 1. The van der Waals surface area contributed by atoms with Crippen molar-refractivity contribution in [2.75, 3.05) is 13.7 Å². The quantitative estimate of drug-likeness (QED) is 0.512. The first-order valence-electron chi connectivity index (χ1n) is 7.95. The number of nitrogens with zero attached hydrogens (tertiary/aromatic N) is 2. The summed E-state index contributed by atoms with van der Waals surface area (Å²) in [5.41, 5.74) is 1.60. The largest absolute Gasteiger partial charge is 0.504 e. The van der Waals surface area contributed by atoms with Crippen molar-refractivity contribution in [2.45, 2.75) is 6.92 Å². The molecule has 2 aromatic carbocycles. The third kappa shape index (κ3) is 3.88. The zero-order valence-electron chi connectivity index (χ0n) is 14.3. The van der Waals surface area contributed by atoms with Crippen LogP contribution in [-0.4, -0.2) is 34.7 Å². The molecular weight excluding hydrogens is 463 g/mol. The molecule has 0 aromatic heterocycles. The smallest absolute Gasteiger partial charge is 0.266 e. The van der Waals surface area contributed by atoms with E-state index in [1.54, 1.807) is 17.0 Å². The maximum atomic E-state index is 12.7. The van der Waals surface area contributed by atoms with Gasteiger partial charge >= 0.3 is 0 Å². The first kappa shape index (κ1) is 18.8. The van der Waals surface area contributed by atoms with Crippen LogP contribution in [-0.2, 0) is 4.79 Å². The fraction of sp³-hybridized carbons (Fsp3) is 0.158. The number of thioether (sulfide) groups is 1. The van der Waals surface area contributed by atoms with Crippen LogP contribution in [0.5, 0.6) is 11.5 Å². The summed E-state index contributed by atoms with van der Waals surface area (Å²) in [5, 5.41) is 10.6. The normalized spacial score (nSPS) is 17.3. The second kappa shape index (κ2) is 8.13. The topological polar surface area (TPSA) is 62.1 Å². The first-order chi connectivity index (χ1) is 12.5. The molecule has 1 saturated heterocycles. The Bertz CT molecular complexity index is 897. The summed E-state index contributed by atoms with van der Waals surface area (Å²) in [6.07, 6.45) is 1.80. The van der Waals surface area contributed by atoms with E-state index in [-0.39, 0.29) is 11.7 Å². The number of carbonyl (C=O) groups is 1. The van der Waals surface area contributed by atoms with Crippen LogP contribution in [0, 0.1) is 3.57 Å². The Kier molecular flexibility index (Phi) is 5.87. The summed E-state index contributed by atoms with van der Waals surface area (Å²) in [6, 6.07) is 13.1. The van der Waals surface area contributed by atoms with Crippen LogP contribution in [0.1, 0.15) is 12.5 Å². The maximum absolute atomic E-state index is 12.7. The number of amidine groups is 1. The van der Waals surface area contributed by atoms with Crippen molar-refractivity contribution in [2.24, 2.45) is 4.99 Å². The number of rotatable bonds is 4. The minimum absolute atomic E-state index is 0.0748. The average molecular weight is 480 g/mol. The van der Waals surface area contributed by atoms with E-state index in [2.05, 4.69) is 4.99 Å². The summed E-state index contributed by atoms with van der Waals surface area (Å²) in [5.74, 6) is 0.404. The number of phenols is 1. The maximum Gasteiger partial charge on any atom is 0.266 e. The van der Waals surface area contributed by atoms with Gasteiger partial charge in [0.25, 0.3) is 5.91 Å². The molecule has 0 atom stereocenters. The van der Waals surface area contributed by atoms with Crippen LogP contribution >= 0.6 is 34.4 Å². The average Bonchev–Trinajstić information content (AvgIpc) is 2.93. The lowest BCUT2D eigenvalue weighted by Gasteiger charge is -2.11. The first-order valence-corrected chi connectivity index (χ1v) is 9.84. The molecule has 2 aromatic rings. The Morgan fingerprint density at radius 3 is 2.69 bits per heavy atom. The summed E-state index contributed by atoms with van der Waals surface area (Å²) in [4.78, 5) is 19.6. The van der Waals surface area contributed by atoms with Crippen molar-refractivity contribution in [1.29, 1.82) is 0 Å². The van der Waals surface area contributed by atoms with Crippen molar-refractivity contribution in [3.8, 4) is 11.5 Å². The van der Waals surface area contributed by atoms with E-state index in [1.165, 1.54) is 18.9 Å². The van der Waals surface area contributed by atoms with Crippen LogP contribution < -0.4 is 4.74 Å². The van der Waals surface area contributed by atoms with Gasteiger partial charge in [0.2, 0.25) is 0 Å². The Labute approximate surface area is 169 Å². The zero-order valence-corrected chi connectivity index (χ0v) is 17.2. The molecule has 0 spiro atoms. The molecule has 0 saturated carbocycles. The fourth-order valence-electron chi connectivity index (χ4n) is 2.47. The third-order valence-corrected chi connectivity index (χ3v) is 5.58. The molecule has 0 aliphatic carbocycles. The molecule has 26 heavy (non-hydrogen) atoms. The van der Waals surface area contributed by atoms with Crippen molar-refractivity contribution in [3.05, 3.63) is 56.5 Å². The zero-order chi connectivity index (χ0) is 18.7. The number of ether oxygens (including phenoxy) is 1. The third-order valence-electron chi connectivity index (χ3n) is 3.75. The van der Waals surface area contributed by atoms with Crippen molar-refractivity contribution in [1.82, 2.24) is 4.90 Å². The summed E-state index contributed by atoms with van der Waals surface area (Å²) in [6.45, 7) is 2.47. The highest BCUT2D eigenvalue weighted by Gasteiger charge is 2.32. The van der Waals surface area contributed by atoms with Gasteiger partial charge in [0.15, 0.2) is 16.7 Å². The highest BCUT2D eigenvalue weighted by molar-refractivity contribution is 14.1. The number of aromatic hydroxyl groups is 1. The van der Waals surface area contributed by atoms with E-state index in [1.807, 2.05) is 65.9 Å². The minimum atomic E-state index is -0.0748. The number of aliphatic imine (C=N–C) groups is 1. The predicted octanol–water partition coefficient (Wildman–Crippen LogP) is 4.63. The molecule has 1 fully saturated rings. The van der Waals surface area contributed by atoms with Gasteiger partial charge in [-0.05, 0) is 77.2 Å². The van der Waals surface area contributed by atoms with E-state index in [0.29, 0.717) is 25.9 Å². The second-order valence-corrected chi connectivity index (χ2v) is 7.61. The molecule has 134 valence electrons. The summed E-state index contributed by atoms with van der Waals surface area (Å²) in [7, 11) is 1.50. The molecule has 3 rings (SSSR count). The number of halogens is 1. The monoisotopic (exact) mass is 480 g/mol. The van der Waals surface area contributed by atoms with Gasteiger partial charge < -0.3 is 9.84 Å². The van der Waals surface area contributed by atoms with Gasteiger partial charge in [0.05, 0.1) is 21.3 Å². The van der Waals surface area contributed by atoms with E-state index in [4.69, 9.17) is 4.74 Å². The number of para-hydroxylation sites is 1. The molecule has 1 amide bonds. The molecule has 1 aliphatic heterocycles. The van der Waals surface area contributed by atoms with E-state index < -0.39 is 0 Å². The van der Waals surface area contributed by atoms with Gasteiger partial charge in [-0.1, -0.05) is 18.2 Å². The fourth-order valence-corrected chi connectivity index (χ4v) is 4.16. The Morgan fingerprint density at radius 2 is 2.04 bits per heavy atom. The highest BCUT2D eigenvalue weighted by atomic mass is 127. The van der Waals surface area contributed by atoms with Crippen LogP contribution in [0.15, 0.2) is 52.4 Å². The minimum Gasteiger partial charge on any atom is -0.504 e. The summed E-state index contributed by atoms with van der Waals surface area (Å²) < 4.78 is 5.85. The Morgan fingerprint density at radius 1 is 1.31 bits per heavy atom. The molecule has 5 nitrogen and oxygen atoms in total. The molecule has 0 radical (unpaired) electrons. The van der Waals surface area contributed by atoms with Crippen LogP contribution in [0.4, 0.5) is 5.69 Å². The van der Waals surface area contributed by atoms with Gasteiger partial charge in [-0.15, -0.1) is 0 Å². The van der Waals surface area contributed by atoms with Gasteiger partial charge in [-0.25, -0.2) is 4.99 Å². The summed E-state index contributed by atoms with van der Waals surface area (Å²) >= 11 is 3.38. The van der Waals surface area contributed by atoms with Crippen LogP contribution in [0.3, 0.4) is 0 Å². The molecular formula is C19H17IN2O3S. The molecule has 1 aliphatic rings. The molecule has 0 unspecified atom stereocenters. The number of carbonyl (C=O) groups excluding carboxylic acids is 1. The SMILES string of the molecule is CCN1C(=O)/C(=C/c2cc(I)c(O)c(OC)c2)S/C1=N\c1ccccc1. The number of hydrogen-bond donors (Lipinski definition) is 1. The molecule has 1 N–H and O–H groups in total. The van der Waals surface area contributed by atoms with Gasteiger partial charge in [0, 0.05) is 6.54 Å². The van der Waals surface area contributed by atoms with Crippen LogP contribution in [0.25, 0.3) is 6.08 Å². The number of hydrogen-bond acceptors (Lipinski definition) is 5. The molecule has 0 bridgehead atoms. The second-order valence-electron chi connectivity index (χ2n) is 5.44.